The standard InChI is InChI=1S/C10H14O/c1-10(2)7-3-5-8(10)9(11)6-4-7/h4,6-8H,3,5H2,1-2H3. The molecule has 1 heteroatoms. The molecule has 2 atom stereocenters. The number of hydrogen-bond donors (Lipinski definition) is 0. The first-order valence-electron chi connectivity index (χ1n) is 4.34. The van der Waals surface area contributed by atoms with Crippen LogP contribution in [0.2, 0.25) is 0 Å². The van der Waals surface area contributed by atoms with Crippen molar-refractivity contribution in [2.45, 2.75) is 26.7 Å². The minimum Gasteiger partial charge on any atom is -0.295 e. The minimum absolute atomic E-state index is 0.242. The van der Waals surface area contributed by atoms with Crippen molar-refractivity contribution in [3.8, 4) is 0 Å². The molecule has 2 bridgehead atoms. The van der Waals surface area contributed by atoms with Crippen LogP contribution in [0.1, 0.15) is 26.7 Å². The zero-order chi connectivity index (χ0) is 8.06. The molecule has 2 unspecified atom stereocenters. The molecule has 1 fully saturated rings. The van der Waals surface area contributed by atoms with Crippen LogP contribution < -0.4 is 0 Å². The third-order valence-corrected chi connectivity index (χ3v) is 3.46. The van der Waals surface area contributed by atoms with Crippen LogP contribution in [0.5, 0.6) is 0 Å². The zero-order valence-electron chi connectivity index (χ0n) is 7.13. The molecule has 0 aromatic rings. The molecule has 2 rings (SSSR count). The molecule has 0 radical (unpaired) electrons. The Balaban J connectivity index is 2.42. The van der Waals surface area contributed by atoms with Gasteiger partial charge in [-0.05, 0) is 30.3 Å². The Bertz CT molecular complexity index is 225. The van der Waals surface area contributed by atoms with Gasteiger partial charge in [0.25, 0.3) is 0 Å². The highest BCUT2D eigenvalue weighted by Crippen LogP contribution is 2.50. The van der Waals surface area contributed by atoms with E-state index in [1.807, 2.05) is 0 Å². The van der Waals surface area contributed by atoms with Crippen molar-refractivity contribution in [1.82, 2.24) is 0 Å². The van der Waals surface area contributed by atoms with Crippen molar-refractivity contribution in [2.75, 3.05) is 0 Å². The van der Waals surface area contributed by atoms with E-state index >= 15 is 0 Å². The third-order valence-electron chi connectivity index (χ3n) is 3.46. The number of carbonyl (C=O) groups is 1. The fourth-order valence-corrected chi connectivity index (χ4v) is 2.53. The maximum absolute atomic E-state index is 11.4. The molecule has 2 aliphatic carbocycles. The molecule has 2 aliphatic rings. The van der Waals surface area contributed by atoms with E-state index in [1.54, 1.807) is 6.08 Å². The molecule has 0 spiro atoms. The summed E-state index contributed by atoms with van der Waals surface area (Å²) in [6.45, 7) is 4.44. The van der Waals surface area contributed by atoms with E-state index in [2.05, 4.69) is 19.9 Å². The van der Waals surface area contributed by atoms with E-state index in [1.165, 1.54) is 6.42 Å². The first-order valence-corrected chi connectivity index (χ1v) is 4.34. The Morgan fingerprint density at radius 3 is 2.82 bits per heavy atom. The van der Waals surface area contributed by atoms with E-state index in [0.717, 1.165) is 6.42 Å². The molecular weight excluding hydrogens is 136 g/mol. The number of hydrogen-bond acceptors (Lipinski definition) is 1. The van der Waals surface area contributed by atoms with Crippen LogP contribution in [-0.4, -0.2) is 5.78 Å². The summed E-state index contributed by atoms with van der Waals surface area (Å²) in [6, 6.07) is 0. The number of rotatable bonds is 0. The van der Waals surface area contributed by atoms with E-state index in [-0.39, 0.29) is 5.41 Å². The van der Waals surface area contributed by atoms with E-state index in [9.17, 15) is 4.79 Å². The highest BCUT2D eigenvalue weighted by Gasteiger charge is 2.46. The number of ketones is 1. The summed E-state index contributed by atoms with van der Waals surface area (Å²) in [5, 5.41) is 0. The summed E-state index contributed by atoms with van der Waals surface area (Å²) in [5.41, 5.74) is 0.242. The van der Waals surface area contributed by atoms with Gasteiger partial charge in [-0.25, -0.2) is 0 Å². The predicted octanol–water partition coefficient (Wildman–Crippen LogP) is 2.18. The SMILES string of the molecule is CC1(C)C2C=CC(=O)C1CC2. The third kappa shape index (κ3) is 0.800. The lowest BCUT2D eigenvalue weighted by Gasteiger charge is -2.32. The quantitative estimate of drug-likeness (QED) is 0.517. The van der Waals surface area contributed by atoms with Crippen molar-refractivity contribution in [3.63, 3.8) is 0 Å². The number of allylic oxidation sites excluding steroid dienone is 2. The van der Waals surface area contributed by atoms with Crippen molar-refractivity contribution in [1.29, 1.82) is 0 Å². The second-order valence-corrected chi connectivity index (χ2v) is 4.32. The van der Waals surface area contributed by atoms with Crippen LogP contribution in [0.3, 0.4) is 0 Å². The van der Waals surface area contributed by atoms with E-state index in [4.69, 9.17) is 0 Å². The Morgan fingerprint density at radius 1 is 1.45 bits per heavy atom. The van der Waals surface area contributed by atoms with Crippen LogP contribution in [0.15, 0.2) is 12.2 Å². The van der Waals surface area contributed by atoms with Gasteiger partial charge in [0.05, 0.1) is 0 Å². The fraction of sp³-hybridized carbons (Fsp3) is 0.700. The maximum atomic E-state index is 11.4. The summed E-state index contributed by atoms with van der Waals surface area (Å²) in [5.74, 6) is 1.33. The highest BCUT2D eigenvalue weighted by molar-refractivity contribution is 5.93. The summed E-state index contributed by atoms with van der Waals surface area (Å²) in [4.78, 5) is 11.4. The van der Waals surface area contributed by atoms with E-state index < -0.39 is 0 Å². The highest BCUT2D eigenvalue weighted by atomic mass is 16.1. The van der Waals surface area contributed by atoms with Crippen LogP contribution in [0, 0.1) is 17.3 Å². The Kier molecular flexibility index (Phi) is 1.26. The van der Waals surface area contributed by atoms with E-state index in [0.29, 0.717) is 17.6 Å². The molecule has 0 aromatic heterocycles. The van der Waals surface area contributed by atoms with Crippen LogP contribution in [0.4, 0.5) is 0 Å². The molecular formula is C10H14O. The summed E-state index contributed by atoms with van der Waals surface area (Å²) in [6.07, 6.45) is 6.20. The molecule has 0 amide bonds. The predicted molar refractivity (Wildman–Crippen MR) is 44.1 cm³/mol. The topological polar surface area (TPSA) is 17.1 Å². The second kappa shape index (κ2) is 1.96. The van der Waals surface area contributed by atoms with Gasteiger partial charge in [-0.1, -0.05) is 19.9 Å². The van der Waals surface area contributed by atoms with Crippen molar-refractivity contribution in [3.05, 3.63) is 12.2 Å². The molecule has 11 heavy (non-hydrogen) atoms. The Labute approximate surface area is 67.5 Å². The van der Waals surface area contributed by atoms with Gasteiger partial charge < -0.3 is 0 Å². The van der Waals surface area contributed by atoms with Gasteiger partial charge in [0.2, 0.25) is 0 Å². The van der Waals surface area contributed by atoms with Crippen LogP contribution in [0.25, 0.3) is 0 Å². The lowest BCUT2D eigenvalue weighted by Crippen LogP contribution is -2.32. The van der Waals surface area contributed by atoms with Crippen molar-refractivity contribution < 1.29 is 4.79 Å². The van der Waals surface area contributed by atoms with Gasteiger partial charge in [0, 0.05) is 5.92 Å². The summed E-state index contributed by atoms with van der Waals surface area (Å²) < 4.78 is 0. The fourth-order valence-electron chi connectivity index (χ4n) is 2.53. The lowest BCUT2D eigenvalue weighted by molar-refractivity contribution is -0.121. The smallest absolute Gasteiger partial charge is 0.159 e. The molecule has 1 nitrogen and oxygen atoms in total. The molecule has 0 aliphatic heterocycles. The normalized spacial score (nSPS) is 39.6. The molecule has 0 N–H and O–H groups in total. The monoisotopic (exact) mass is 150 g/mol. The Hall–Kier alpha value is -0.590. The van der Waals surface area contributed by atoms with Gasteiger partial charge >= 0.3 is 0 Å². The maximum Gasteiger partial charge on any atom is 0.159 e. The number of fused-ring (bicyclic) bond motifs is 2. The molecule has 1 saturated carbocycles. The van der Waals surface area contributed by atoms with Crippen LogP contribution in [-0.2, 0) is 4.79 Å². The molecule has 0 aromatic carbocycles. The second-order valence-electron chi connectivity index (χ2n) is 4.32. The van der Waals surface area contributed by atoms with Gasteiger partial charge in [0.1, 0.15) is 0 Å². The average Bonchev–Trinajstić information content (AvgIpc) is 2.15. The molecule has 0 heterocycles. The first kappa shape index (κ1) is 7.08. The largest absolute Gasteiger partial charge is 0.295 e. The van der Waals surface area contributed by atoms with Crippen LogP contribution >= 0.6 is 0 Å². The van der Waals surface area contributed by atoms with Gasteiger partial charge in [-0.2, -0.15) is 0 Å². The van der Waals surface area contributed by atoms with Crippen molar-refractivity contribution in [2.24, 2.45) is 17.3 Å². The molecule has 60 valence electrons. The van der Waals surface area contributed by atoms with Crippen molar-refractivity contribution >= 4 is 5.78 Å². The molecule has 0 saturated heterocycles. The average molecular weight is 150 g/mol. The summed E-state index contributed by atoms with van der Waals surface area (Å²) in [7, 11) is 0. The number of carbonyl (C=O) groups excluding carboxylic acids is 1. The van der Waals surface area contributed by atoms with Gasteiger partial charge in [0.15, 0.2) is 5.78 Å². The zero-order valence-corrected chi connectivity index (χ0v) is 7.13. The minimum atomic E-state index is 0.242. The lowest BCUT2D eigenvalue weighted by atomic mass is 9.71. The first-order chi connectivity index (χ1) is 5.12. The Morgan fingerprint density at radius 2 is 2.18 bits per heavy atom. The van der Waals surface area contributed by atoms with Gasteiger partial charge in [-0.15, -0.1) is 0 Å². The summed E-state index contributed by atoms with van der Waals surface area (Å²) >= 11 is 0. The van der Waals surface area contributed by atoms with Gasteiger partial charge in [-0.3, -0.25) is 4.79 Å².